The average molecular weight is 401 g/mol. The van der Waals surface area contributed by atoms with E-state index in [0.717, 1.165) is 16.9 Å². The molecule has 1 N–H and O–H groups in total. The minimum atomic E-state index is -1.03. The highest BCUT2D eigenvalue weighted by Crippen LogP contribution is 2.13. The molecule has 7 nitrogen and oxygen atoms in total. The number of carbonyl (C=O) groups is 2. The molecular weight excluding hydrogens is 374 g/mol. The molecule has 0 heterocycles. The predicted molar refractivity (Wildman–Crippen MR) is 107 cm³/mol. The van der Waals surface area contributed by atoms with Gasteiger partial charge in [0.1, 0.15) is 12.4 Å². The maximum absolute atomic E-state index is 12.4. The zero-order chi connectivity index (χ0) is 20.9. The number of esters is 2. The molecule has 1 atom stereocenters. The van der Waals surface area contributed by atoms with E-state index in [1.807, 2.05) is 54.6 Å². The number of ether oxygens (including phenoxy) is 3. The molecule has 0 aromatic heterocycles. The lowest BCUT2D eigenvalue weighted by Crippen LogP contribution is -2.30. The number of benzene rings is 2. The molecule has 0 bridgehead atoms. The Morgan fingerprint density at radius 2 is 1.62 bits per heavy atom. The lowest BCUT2D eigenvalue weighted by molar-refractivity contribution is -0.164. The highest BCUT2D eigenvalue weighted by Gasteiger charge is 2.29. The average Bonchev–Trinajstić information content (AvgIpc) is 2.75. The van der Waals surface area contributed by atoms with Gasteiger partial charge in [-0.25, -0.2) is 0 Å². The summed E-state index contributed by atoms with van der Waals surface area (Å²) in [7, 11) is 1.61. The van der Waals surface area contributed by atoms with Crippen LogP contribution in [0.1, 0.15) is 24.5 Å². The fraction of sp³-hybridized carbons (Fsp3) is 0.364. The van der Waals surface area contributed by atoms with E-state index in [4.69, 9.17) is 19.0 Å². The standard InChI is InChI=1S/C22H27NO6/c1-3-27-21(24)20(22(25)28-16-18-7-5-4-6-8-18)13-14-29-23-15-17-9-11-19(26-2)12-10-17/h4-12,20,23H,3,13-16H2,1-2H3. The van der Waals surface area contributed by atoms with Gasteiger partial charge in [-0.15, -0.1) is 0 Å². The van der Waals surface area contributed by atoms with E-state index in [9.17, 15) is 9.59 Å². The van der Waals surface area contributed by atoms with Crippen molar-refractivity contribution in [3.05, 3.63) is 65.7 Å². The van der Waals surface area contributed by atoms with Crippen LogP contribution in [0, 0.1) is 5.92 Å². The first-order valence-electron chi connectivity index (χ1n) is 9.48. The van der Waals surface area contributed by atoms with Crippen molar-refractivity contribution >= 4 is 11.9 Å². The Morgan fingerprint density at radius 3 is 2.28 bits per heavy atom. The highest BCUT2D eigenvalue weighted by molar-refractivity contribution is 5.94. The van der Waals surface area contributed by atoms with E-state index in [0.29, 0.717) is 6.54 Å². The fourth-order valence-electron chi connectivity index (χ4n) is 2.53. The molecule has 0 saturated heterocycles. The van der Waals surface area contributed by atoms with Gasteiger partial charge in [0.05, 0.1) is 20.3 Å². The Labute approximate surface area is 170 Å². The first kappa shape index (κ1) is 22.4. The summed E-state index contributed by atoms with van der Waals surface area (Å²) in [5, 5.41) is 0. The predicted octanol–water partition coefficient (Wildman–Crippen LogP) is 3.03. The van der Waals surface area contributed by atoms with Crippen LogP contribution >= 0.6 is 0 Å². The van der Waals surface area contributed by atoms with Gasteiger partial charge in [0, 0.05) is 6.54 Å². The molecular formula is C22H27NO6. The number of methoxy groups -OCH3 is 1. The minimum Gasteiger partial charge on any atom is -0.497 e. The Hall–Kier alpha value is -2.90. The van der Waals surface area contributed by atoms with Crippen LogP contribution in [0.3, 0.4) is 0 Å². The highest BCUT2D eigenvalue weighted by atomic mass is 16.6. The molecule has 0 saturated carbocycles. The van der Waals surface area contributed by atoms with E-state index in [1.54, 1.807) is 14.0 Å². The lowest BCUT2D eigenvalue weighted by atomic mass is 10.1. The monoisotopic (exact) mass is 401 g/mol. The second-order valence-electron chi connectivity index (χ2n) is 6.20. The van der Waals surface area contributed by atoms with Crippen molar-refractivity contribution in [1.29, 1.82) is 0 Å². The van der Waals surface area contributed by atoms with Crippen LogP contribution in [0.2, 0.25) is 0 Å². The maximum atomic E-state index is 12.4. The number of carbonyl (C=O) groups excluding carboxylic acids is 2. The molecule has 156 valence electrons. The number of hydroxylamine groups is 1. The molecule has 2 aromatic carbocycles. The van der Waals surface area contributed by atoms with Crippen molar-refractivity contribution in [2.24, 2.45) is 5.92 Å². The van der Waals surface area contributed by atoms with E-state index in [-0.39, 0.29) is 26.2 Å². The molecule has 0 spiro atoms. The second-order valence-corrected chi connectivity index (χ2v) is 6.20. The van der Waals surface area contributed by atoms with Crippen LogP contribution in [0.25, 0.3) is 0 Å². The molecule has 0 radical (unpaired) electrons. The van der Waals surface area contributed by atoms with Crippen LogP contribution in [-0.4, -0.2) is 32.3 Å². The van der Waals surface area contributed by atoms with Crippen molar-refractivity contribution in [2.45, 2.75) is 26.5 Å². The van der Waals surface area contributed by atoms with Gasteiger partial charge in [0.25, 0.3) is 0 Å². The molecule has 1 unspecified atom stereocenters. The maximum Gasteiger partial charge on any atom is 0.320 e. The third kappa shape index (κ3) is 7.93. The van der Waals surface area contributed by atoms with Crippen LogP contribution in [0.4, 0.5) is 0 Å². The van der Waals surface area contributed by atoms with E-state index >= 15 is 0 Å². The third-order valence-electron chi connectivity index (χ3n) is 4.13. The number of hydrogen-bond acceptors (Lipinski definition) is 7. The molecule has 0 aliphatic rings. The summed E-state index contributed by atoms with van der Waals surface area (Å²) in [5.74, 6) is -1.47. The lowest BCUT2D eigenvalue weighted by Gasteiger charge is -2.15. The third-order valence-corrected chi connectivity index (χ3v) is 4.13. The number of rotatable bonds is 12. The smallest absolute Gasteiger partial charge is 0.320 e. The van der Waals surface area contributed by atoms with Crippen LogP contribution in [0.5, 0.6) is 5.75 Å². The first-order valence-corrected chi connectivity index (χ1v) is 9.48. The number of nitrogens with one attached hydrogen (secondary N) is 1. The van der Waals surface area contributed by atoms with Gasteiger partial charge in [0.2, 0.25) is 0 Å². The Kier molecular flexibility index (Phi) is 9.68. The SMILES string of the molecule is CCOC(=O)C(CCONCc1ccc(OC)cc1)C(=O)OCc1ccccc1. The zero-order valence-electron chi connectivity index (χ0n) is 16.8. The van der Waals surface area contributed by atoms with Crippen LogP contribution < -0.4 is 10.2 Å². The Bertz CT molecular complexity index is 748. The second kappa shape index (κ2) is 12.5. The van der Waals surface area contributed by atoms with E-state index in [1.165, 1.54) is 0 Å². The number of hydrogen-bond donors (Lipinski definition) is 1. The fourth-order valence-corrected chi connectivity index (χ4v) is 2.53. The summed E-state index contributed by atoms with van der Waals surface area (Å²) in [6, 6.07) is 16.8. The molecule has 7 heteroatoms. The van der Waals surface area contributed by atoms with Crippen LogP contribution in [0.15, 0.2) is 54.6 Å². The van der Waals surface area contributed by atoms with E-state index < -0.39 is 17.9 Å². The molecule has 2 aromatic rings. The summed E-state index contributed by atoms with van der Waals surface area (Å²) in [6.45, 7) is 2.62. The Balaban J connectivity index is 1.77. The van der Waals surface area contributed by atoms with Crippen molar-refractivity contribution in [2.75, 3.05) is 20.3 Å². The van der Waals surface area contributed by atoms with Crippen molar-refractivity contribution in [1.82, 2.24) is 5.48 Å². The zero-order valence-corrected chi connectivity index (χ0v) is 16.8. The summed E-state index contributed by atoms with van der Waals surface area (Å²) in [6.07, 6.45) is 0.155. The van der Waals surface area contributed by atoms with E-state index in [2.05, 4.69) is 5.48 Å². The molecule has 0 aliphatic carbocycles. The summed E-state index contributed by atoms with van der Waals surface area (Å²) in [5.41, 5.74) is 4.67. The van der Waals surface area contributed by atoms with Gasteiger partial charge >= 0.3 is 11.9 Å². The van der Waals surface area contributed by atoms with Gasteiger partial charge in [-0.2, -0.15) is 5.48 Å². The topological polar surface area (TPSA) is 83.1 Å². The minimum absolute atomic E-state index is 0.103. The van der Waals surface area contributed by atoms with Gasteiger partial charge in [0.15, 0.2) is 5.92 Å². The Morgan fingerprint density at radius 1 is 0.931 bits per heavy atom. The normalized spacial score (nSPS) is 11.5. The molecule has 0 fully saturated rings. The van der Waals surface area contributed by atoms with Gasteiger partial charge in [-0.3, -0.25) is 9.59 Å². The van der Waals surface area contributed by atoms with Crippen LogP contribution in [-0.2, 0) is 37.1 Å². The van der Waals surface area contributed by atoms with Gasteiger partial charge in [-0.1, -0.05) is 42.5 Å². The summed E-state index contributed by atoms with van der Waals surface area (Å²) in [4.78, 5) is 29.9. The van der Waals surface area contributed by atoms with Crippen molar-refractivity contribution in [3.63, 3.8) is 0 Å². The summed E-state index contributed by atoms with van der Waals surface area (Å²) < 4.78 is 15.4. The molecule has 0 aliphatic heterocycles. The molecule has 0 amide bonds. The molecule has 29 heavy (non-hydrogen) atoms. The van der Waals surface area contributed by atoms with Gasteiger partial charge in [-0.05, 0) is 36.6 Å². The van der Waals surface area contributed by atoms with Crippen molar-refractivity contribution < 1.29 is 28.6 Å². The largest absolute Gasteiger partial charge is 0.497 e. The van der Waals surface area contributed by atoms with Crippen molar-refractivity contribution in [3.8, 4) is 5.75 Å². The quantitative estimate of drug-likeness (QED) is 0.253. The summed E-state index contributed by atoms with van der Waals surface area (Å²) >= 11 is 0. The molecule has 2 rings (SSSR count). The first-order chi connectivity index (χ1) is 14.1. The van der Waals surface area contributed by atoms with Gasteiger partial charge < -0.3 is 19.0 Å².